The van der Waals surface area contributed by atoms with E-state index in [4.69, 9.17) is 4.74 Å². The number of amides is 1. The molecule has 2 heterocycles. The van der Waals surface area contributed by atoms with Crippen molar-refractivity contribution in [3.63, 3.8) is 0 Å². The normalized spacial score (nSPS) is 14.1. The Morgan fingerprint density at radius 1 is 1.13 bits per heavy atom. The second-order valence-electron chi connectivity index (χ2n) is 7.99. The largest absolute Gasteiger partial charge is 0.474 e. The molecule has 30 heavy (non-hydrogen) atoms. The van der Waals surface area contributed by atoms with Crippen molar-refractivity contribution in [2.75, 3.05) is 0 Å². The van der Waals surface area contributed by atoms with Crippen molar-refractivity contribution in [1.29, 1.82) is 0 Å². The highest BCUT2D eigenvalue weighted by Crippen LogP contribution is 2.23. The summed E-state index contributed by atoms with van der Waals surface area (Å²) in [6.07, 6.45) is 6.64. The van der Waals surface area contributed by atoms with E-state index in [2.05, 4.69) is 21.5 Å². The Morgan fingerprint density at radius 2 is 1.97 bits per heavy atom. The summed E-state index contributed by atoms with van der Waals surface area (Å²) in [5.41, 5.74) is 4.77. The van der Waals surface area contributed by atoms with E-state index in [0.29, 0.717) is 24.5 Å². The van der Waals surface area contributed by atoms with Crippen molar-refractivity contribution >= 4 is 5.91 Å². The lowest BCUT2D eigenvalue weighted by atomic mass is 10.1. The van der Waals surface area contributed by atoms with Gasteiger partial charge in [0.15, 0.2) is 0 Å². The average molecular weight is 405 g/mol. The zero-order valence-electron chi connectivity index (χ0n) is 17.6. The van der Waals surface area contributed by atoms with Gasteiger partial charge in [-0.05, 0) is 74.9 Å². The van der Waals surface area contributed by atoms with Crippen LogP contribution in [0.15, 0.2) is 48.7 Å². The quantitative estimate of drug-likeness (QED) is 0.641. The first kappa shape index (κ1) is 20.1. The number of hydrogen-bond acceptors (Lipinski definition) is 4. The number of nitrogens with zero attached hydrogens (tertiary/aromatic N) is 3. The van der Waals surface area contributed by atoms with Crippen LogP contribution >= 0.6 is 0 Å². The molecule has 0 bridgehead atoms. The van der Waals surface area contributed by atoms with Crippen LogP contribution in [0.1, 0.15) is 58.6 Å². The third-order valence-electron chi connectivity index (χ3n) is 5.47. The van der Waals surface area contributed by atoms with Crippen molar-refractivity contribution in [3.05, 3.63) is 76.7 Å². The molecule has 3 aromatic rings. The topological polar surface area (TPSA) is 69.0 Å². The SMILES string of the molecule is Cc1cc(C)n(Cc2cccc(C(=O)NCc3ccnc(OC4CCCC4)c3)c2)n1. The molecule has 6 heteroatoms. The number of ether oxygens (including phenoxy) is 1. The summed E-state index contributed by atoms with van der Waals surface area (Å²) in [4.78, 5) is 17.0. The smallest absolute Gasteiger partial charge is 0.251 e. The highest BCUT2D eigenvalue weighted by Gasteiger charge is 2.17. The van der Waals surface area contributed by atoms with Crippen molar-refractivity contribution in [1.82, 2.24) is 20.1 Å². The minimum absolute atomic E-state index is 0.0970. The fourth-order valence-electron chi connectivity index (χ4n) is 3.91. The van der Waals surface area contributed by atoms with E-state index in [1.54, 1.807) is 6.20 Å². The molecular weight excluding hydrogens is 376 g/mol. The number of nitrogens with one attached hydrogen (secondary N) is 1. The molecule has 1 aliphatic rings. The summed E-state index contributed by atoms with van der Waals surface area (Å²) < 4.78 is 7.91. The van der Waals surface area contributed by atoms with Gasteiger partial charge >= 0.3 is 0 Å². The van der Waals surface area contributed by atoms with Crippen molar-refractivity contribution < 1.29 is 9.53 Å². The standard InChI is InChI=1S/C24H28N4O2/c1-17-12-18(2)28(27-17)16-20-6-5-7-21(13-20)24(29)26-15-19-10-11-25-23(14-19)30-22-8-3-4-9-22/h5-7,10-14,22H,3-4,8-9,15-16H2,1-2H3,(H,26,29). The number of rotatable bonds is 7. The van der Waals surface area contributed by atoms with Gasteiger partial charge in [0.25, 0.3) is 5.91 Å². The van der Waals surface area contributed by atoms with E-state index in [1.807, 2.05) is 54.9 Å². The molecule has 1 aromatic carbocycles. The summed E-state index contributed by atoms with van der Waals surface area (Å²) in [7, 11) is 0. The Labute approximate surface area is 177 Å². The van der Waals surface area contributed by atoms with Crippen LogP contribution in [0.4, 0.5) is 0 Å². The summed E-state index contributed by atoms with van der Waals surface area (Å²) in [6.45, 7) is 5.10. The number of benzene rings is 1. The van der Waals surface area contributed by atoms with Gasteiger partial charge in [0.2, 0.25) is 5.88 Å². The molecule has 4 rings (SSSR count). The summed E-state index contributed by atoms with van der Waals surface area (Å²) in [5.74, 6) is 0.542. The summed E-state index contributed by atoms with van der Waals surface area (Å²) >= 11 is 0. The lowest BCUT2D eigenvalue weighted by molar-refractivity contribution is 0.0950. The molecule has 1 amide bonds. The van der Waals surface area contributed by atoms with Gasteiger partial charge in [-0.2, -0.15) is 5.10 Å². The molecule has 0 spiro atoms. The Bertz CT molecular complexity index is 1020. The maximum absolute atomic E-state index is 12.7. The van der Waals surface area contributed by atoms with Gasteiger partial charge in [-0.3, -0.25) is 9.48 Å². The Hall–Kier alpha value is -3.15. The fourth-order valence-corrected chi connectivity index (χ4v) is 3.91. The van der Waals surface area contributed by atoms with E-state index in [0.717, 1.165) is 35.4 Å². The van der Waals surface area contributed by atoms with Gasteiger partial charge in [0, 0.05) is 30.1 Å². The number of carbonyl (C=O) groups excluding carboxylic acids is 1. The molecule has 0 unspecified atom stereocenters. The minimum atomic E-state index is -0.0970. The van der Waals surface area contributed by atoms with E-state index in [-0.39, 0.29) is 12.0 Å². The lowest BCUT2D eigenvalue weighted by Crippen LogP contribution is -2.23. The molecule has 6 nitrogen and oxygen atoms in total. The molecule has 1 aliphatic carbocycles. The minimum Gasteiger partial charge on any atom is -0.474 e. The molecule has 0 atom stereocenters. The molecule has 1 fully saturated rings. The fraction of sp³-hybridized carbons (Fsp3) is 0.375. The van der Waals surface area contributed by atoms with Crippen LogP contribution in [-0.2, 0) is 13.1 Å². The number of pyridine rings is 1. The van der Waals surface area contributed by atoms with Crippen LogP contribution in [0.3, 0.4) is 0 Å². The molecule has 156 valence electrons. The van der Waals surface area contributed by atoms with Crippen LogP contribution in [0.25, 0.3) is 0 Å². The van der Waals surface area contributed by atoms with Crippen molar-refractivity contribution in [2.24, 2.45) is 0 Å². The van der Waals surface area contributed by atoms with Gasteiger partial charge in [-0.25, -0.2) is 4.98 Å². The first-order valence-corrected chi connectivity index (χ1v) is 10.6. The Morgan fingerprint density at radius 3 is 2.73 bits per heavy atom. The number of aryl methyl sites for hydroxylation is 2. The maximum atomic E-state index is 12.7. The zero-order chi connectivity index (χ0) is 20.9. The van der Waals surface area contributed by atoms with Gasteiger partial charge in [-0.1, -0.05) is 12.1 Å². The highest BCUT2D eigenvalue weighted by atomic mass is 16.5. The van der Waals surface area contributed by atoms with Crippen molar-refractivity contribution in [2.45, 2.75) is 58.7 Å². The second kappa shape index (κ2) is 9.11. The maximum Gasteiger partial charge on any atom is 0.251 e. The van der Waals surface area contributed by atoms with E-state index in [9.17, 15) is 4.79 Å². The Kier molecular flexibility index (Phi) is 6.12. The zero-order valence-corrected chi connectivity index (χ0v) is 17.6. The highest BCUT2D eigenvalue weighted by molar-refractivity contribution is 5.94. The van der Waals surface area contributed by atoms with Crippen LogP contribution < -0.4 is 10.1 Å². The van der Waals surface area contributed by atoms with Gasteiger partial charge < -0.3 is 10.1 Å². The lowest BCUT2D eigenvalue weighted by Gasteiger charge is -2.13. The monoisotopic (exact) mass is 404 g/mol. The molecular formula is C24H28N4O2. The summed E-state index contributed by atoms with van der Waals surface area (Å²) in [5, 5.41) is 7.50. The van der Waals surface area contributed by atoms with Gasteiger partial charge in [-0.15, -0.1) is 0 Å². The molecule has 0 radical (unpaired) electrons. The number of hydrogen-bond donors (Lipinski definition) is 1. The van der Waals surface area contributed by atoms with E-state index in [1.165, 1.54) is 12.8 Å². The number of carbonyl (C=O) groups is 1. The van der Waals surface area contributed by atoms with Crippen LogP contribution in [0, 0.1) is 13.8 Å². The molecule has 0 saturated heterocycles. The summed E-state index contributed by atoms with van der Waals surface area (Å²) in [6, 6.07) is 13.6. The molecule has 1 saturated carbocycles. The first-order chi connectivity index (χ1) is 14.6. The first-order valence-electron chi connectivity index (χ1n) is 10.6. The van der Waals surface area contributed by atoms with E-state index >= 15 is 0 Å². The second-order valence-corrected chi connectivity index (χ2v) is 7.99. The molecule has 1 N–H and O–H groups in total. The number of aromatic nitrogens is 3. The van der Waals surface area contributed by atoms with Gasteiger partial charge in [0.1, 0.15) is 6.10 Å². The van der Waals surface area contributed by atoms with Crippen LogP contribution in [0.5, 0.6) is 5.88 Å². The molecule has 0 aliphatic heterocycles. The molecule has 2 aromatic heterocycles. The third-order valence-corrected chi connectivity index (χ3v) is 5.47. The average Bonchev–Trinajstić information content (AvgIpc) is 3.36. The van der Waals surface area contributed by atoms with Crippen LogP contribution in [-0.4, -0.2) is 26.8 Å². The van der Waals surface area contributed by atoms with Crippen molar-refractivity contribution in [3.8, 4) is 5.88 Å². The predicted octanol–water partition coefficient (Wildman–Crippen LogP) is 4.19. The van der Waals surface area contributed by atoms with Crippen LogP contribution in [0.2, 0.25) is 0 Å². The Balaban J connectivity index is 1.36. The van der Waals surface area contributed by atoms with E-state index < -0.39 is 0 Å². The predicted molar refractivity (Wildman–Crippen MR) is 116 cm³/mol. The third kappa shape index (κ3) is 5.06. The van der Waals surface area contributed by atoms with Gasteiger partial charge in [0.05, 0.1) is 12.2 Å².